The van der Waals surface area contributed by atoms with Crippen molar-refractivity contribution >= 4 is 38.9 Å². The van der Waals surface area contributed by atoms with Gasteiger partial charge in [0.05, 0.1) is 0 Å². The third-order valence-electron chi connectivity index (χ3n) is 3.50. The molecule has 0 aliphatic carbocycles. The Morgan fingerprint density at radius 3 is 2.95 bits per heavy atom. The molecular formula is C14H15BrClN3S. The van der Waals surface area contributed by atoms with Gasteiger partial charge in [0.2, 0.25) is 0 Å². The van der Waals surface area contributed by atoms with Gasteiger partial charge in [0.1, 0.15) is 4.34 Å². The fourth-order valence-electron chi connectivity index (χ4n) is 2.52. The van der Waals surface area contributed by atoms with Crippen molar-refractivity contribution in [3.63, 3.8) is 0 Å². The largest absolute Gasteiger partial charge is 0.314 e. The van der Waals surface area contributed by atoms with Gasteiger partial charge in [-0.25, -0.2) is 0 Å². The number of piperazine rings is 1. The molecule has 20 heavy (non-hydrogen) atoms. The Kier molecular flexibility index (Phi) is 4.73. The van der Waals surface area contributed by atoms with Crippen molar-refractivity contribution in [3.05, 3.63) is 49.8 Å². The molecule has 1 fully saturated rings. The van der Waals surface area contributed by atoms with Gasteiger partial charge in [-0.2, -0.15) is 0 Å². The first-order valence-electron chi connectivity index (χ1n) is 6.52. The van der Waals surface area contributed by atoms with Gasteiger partial charge in [-0.05, 0) is 39.7 Å². The fourth-order valence-corrected chi connectivity index (χ4v) is 4.34. The van der Waals surface area contributed by atoms with Gasteiger partial charge in [0, 0.05) is 54.0 Å². The quantitative estimate of drug-likeness (QED) is 0.890. The van der Waals surface area contributed by atoms with E-state index in [0.717, 1.165) is 35.0 Å². The van der Waals surface area contributed by atoms with E-state index in [-0.39, 0.29) is 0 Å². The van der Waals surface area contributed by atoms with Crippen molar-refractivity contribution in [2.45, 2.75) is 12.6 Å². The molecule has 1 saturated heterocycles. The molecule has 1 aliphatic rings. The number of nitrogens with one attached hydrogen (secondary N) is 1. The van der Waals surface area contributed by atoms with Crippen LogP contribution in [0.2, 0.25) is 4.34 Å². The SMILES string of the molecule is Clc1sc(CN2CCNCC2c2ccncc2)cc1Br. The van der Waals surface area contributed by atoms with E-state index in [1.165, 1.54) is 10.4 Å². The maximum atomic E-state index is 6.13. The maximum Gasteiger partial charge on any atom is 0.107 e. The Morgan fingerprint density at radius 1 is 1.45 bits per heavy atom. The Hall–Kier alpha value is -0.460. The minimum Gasteiger partial charge on any atom is -0.314 e. The van der Waals surface area contributed by atoms with E-state index in [0.29, 0.717) is 6.04 Å². The van der Waals surface area contributed by atoms with Crippen LogP contribution in [0.1, 0.15) is 16.5 Å². The summed E-state index contributed by atoms with van der Waals surface area (Å²) < 4.78 is 1.82. The van der Waals surface area contributed by atoms with Gasteiger partial charge in [0.25, 0.3) is 0 Å². The average Bonchev–Trinajstić information content (AvgIpc) is 2.79. The van der Waals surface area contributed by atoms with E-state index in [9.17, 15) is 0 Å². The molecule has 3 heterocycles. The van der Waals surface area contributed by atoms with Crippen LogP contribution in [-0.4, -0.2) is 29.5 Å². The number of rotatable bonds is 3. The molecule has 3 nitrogen and oxygen atoms in total. The van der Waals surface area contributed by atoms with Crippen LogP contribution in [0, 0.1) is 0 Å². The van der Waals surface area contributed by atoms with E-state index >= 15 is 0 Å². The zero-order chi connectivity index (χ0) is 13.9. The van der Waals surface area contributed by atoms with Crippen molar-refractivity contribution in [1.29, 1.82) is 0 Å². The summed E-state index contributed by atoms with van der Waals surface area (Å²) in [5, 5.41) is 3.47. The molecule has 2 aromatic rings. The van der Waals surface area contributed by atoms with Crippen LogP contribution in [0.25, 0.3) is 0 Å². The number of nitrogens with zero attached hydrogens (tertiary/aromatic N) is 2. The van der Waals surface area contributed by atoms with Crippen molar-refractivity contribution < 1.29 is 0 Å². The van der Waals surface area contributed by atoms with E-state index in [2.05, 4.69) is 49.3 Å². The molecule has 106 valence electrons. The van der Waals surface area contributed by atoms with Crippen LogP contribution in [0.15, 0.2) is 35.1 Å². The van der Waals surface area contributed by atoms with Crippen LogP contribution >= 0.6 is 38.9 Å². The summed E-state index contributed by atoms with van der Waals surface area (Å²) in [6.45, 7) is 3.98. The minimum absolute atomic E-state index is 0.395. The van der Waals surface area contributed by atoms with Crippen LogP contribution in [0.5, 0.6) is 0 Å². The number of halogens is 2. The zero-order valence-electron chi connectivity index (χ0n) is 10.9. The van der Waals surface area contributed by atoms with E-state index < -0.39 is 0 Å². The van der Waals surface area contributed by atoms with Crippen molar-refractivity contribution in [1.82, 2.24) is 15.2 Å². The highest BCUT2D eigenvalue weighted by molar-refractivity contribution is 9.10. The Morgan fingerprint density at radius 2 is 2.25 bits per heavy atom. The molecule has 2 aromatic heterocycles. The Labute approximate surface area is 136 Å². The summed E-state index contributed by atoms with van der Waals surface area (Å²) in [5.41, 5.74) is 1.31. The molecule has 0 saturated carbocycles. The van der Waals surface area contributed by atoms with Gasteiger partial charge in [-0.15, -0.1) is 11.3 Å². The van der Waals surface area contributed by atoms with Crippen LogP contribution < -0.4 is 5.32 Å². The third kappa shape index (κ3) is 3.23. The molecule has 0 aromatic carbocycles. The molecule has 1 atom stereocenters. The molecule has 3 rings (SSSR count). The summed E-state index contributed by atoms with van der Waals surface area (Å²) in [6.07, 6.45) is 3.72. The number of pyridine rings is 1. The van der Waals surface area contributed by atoms with E-state index in [1.54, 1.807) is 11.3 Å². The highest BCUT2D eigenvalue weighted by Crippen LogP contribution is 2.34. The minimum atomic E-state index is 0.395. The normalized spacial score (nSPS) is 20.2. The Bertz CT molecular complexity index is 556. The summed E-state index contributed by atoms with van der Waals surface area (Å²) in [6, 6.07) is 6.72. The lowest BCUT2D eigenvalue weighted by atomic mass is 10.0. The van der Waals surface area contributed by atoms with Crippen LogP contribution in [0.3, 0.4) is 0 Å². The molecule has 1 unspecified atom stereocenters. The molecule has 6 heteroatoms. The maximum absolute atomic E-state index is 6.13. The fraction of sp³-hybridized carbons (Fsp3) is 0.357. The first-order chi connectivity index (χ1) is 9.74. The van der Waals surface area contributed by atoms with Gasteiger partial charge in [-0.1, -0.05) is 11.6 Å². The van der Waals surface area contributed by atoms with Crippen molar-refractivity contribution in [2.75, 3.05) is 19.6 Å². The molecular weight excluding hydrogens is 358 g/mol. The van der Waals surface area contributed by atoms with Crippen LogP contribution in [-0.2, 0) is 6.54 Å². The van der Waals surface area contributed by atoms with E-state index in [1.807, 2.05) is 12.4 Å². The average molecular weight is 373 g/mol. The molecule has 1 N–H and O–H groups in total. The summed E-state index contributed by atoms with van der Waals surface area (Å²) >= 11 is 11.3. The predicted molar refractivity (Wildman–Crippen MR) is 87.3 cm³/mol. The second-order valence-corrected chi connectivity index (χ2v) is 7.40. The zero-order valence-corrected chi connectivity index (χ0v) is 14.0. The van der Waals surface area contributed by atoms with Gasteiger partial charge in [0.15, 0.2) is 0 Å². The molecule has 0 amide bonds. The van der Waals surface area contributed by atoms with Crippen LogP contribution in [0.4, 0.5) is 0 Å². The Balaban J connectivity index is 1.79. The lowest BCUT2D eigenvalue weighted by Crippen LogP contribution is -2.45. The van der Waals surface area contributed by atoms with E-state index in [4.69, 9.17) is 11.6 Å². The monoisotopic (exact) mass is 371 g/mol. The number of hydrogen-bond acceptors (Lipinski definition) is 4. The first kappa shape index (κ1) is 14.5. The van der Waals surface area contributed by atoms with Gasteiger partial charge >= 0.3 is 0 Å². The first-order valence-corrected chi connectivity index (χ1v) is 8.51. The van der Waals surface area contributed by atoms with Gasteiger partial charge in [-0.3, -0.25) is 9.88 Å². The molecule has 0 bridgehead atoms. The second-order valence-electron chi connectivity index (χ2n) is 4.81. The summed E-state index contributed by atoms with van der Waals surface area (Å²) in [4.78, 5) is 7.90. The summed E-state index contributed by atoms with van der Waals surface area (Å²) in [5.74, 6) is 0. The van der Waals surface area contributed by atoms with Crippen molar-refractivity contribution in [3.8, 4) is 0 Å². The predicted octanol–water partition coefficient (Wildman–Crippen LogP) is 3.71. The topological polar surface area (TPSA) is 28.2 Å². The third-order valence-corrected chi connectivity index (χ3v) is 5.96. The lowest BCUT2D eigenvalue weighted by molar-refractivity contribution is 0.155. The second kappa shape index (κ2) is 6.54. The molecule has 1 aliphatic heterocycles. The van der Waals surface area contributed by atoms with Gasteiger partial charge < -0.3 is 5.32 Å². The molecule has 0 radical (unpaired) electrons. The standard InChI is InChI=1S/C14H15BrClN3S/c15-12-7-11(20-14(12)16)9-19-6-5-18-8-13(19)10-1-3-17-4-2-10/h1-4,7,13,18H,5-6,8-9H2. The summed E-state index contributed by atoms with van der Waals surface area (Å²) in [7, 11) is 0. The lowest BCUT2D eigenvalue weighted by Gasteiger charge is -2.36. The highest BCUT2D eigenvalue weighted by atomic mass is 79.9. The number of thiophene rings is 1. The molecule has 0 spiro atoms. The number of hydrogen-bond donors (Lipinski definition) is 1. The number of aromatic nitrogens is 1. The van der Waals surface area contributed by atoms with Crippen molar-refractivity contribution in [2.24, 2.45) is 0 Å². The highest BCUT2D eigenvalue weighted by Gasteiger charge is 2.24. The smallest absolute Gasteiger partial charge is 0.107 e.